The van der Waals surface area contributed by atoms with Gasteiger partial charge in [-0.15, -0.1) is 0 Å². The number of anilines is 2. The Labute approximate surface area is 124 Å². The molecule has 0 aromatic heterocycles. The van der Waals surface area contributed by atoms with Gasteiger partial charge < -0.3 is 5.32 Å². The molecule has 0 fully saturated rings. The minimum absolute atomic E-state index is 0.0818. The second kappa shape index (κ2) is 7.14. The maximum Gasteiger partial charge on any atom is 0.0425 e. The largest absolute Gasteiger partial charge is 0.355 e. The summed E-state index contributed by atoms with van der Waals surface area (Å²) in [5, 5.41) is 3.50. The number of nitrogens with one attached hydrogen (secondary N) is 1. The Kier molecular flexibility index (Phi) is 5.82. The number of fused-ring (bicyclic) bond motifs is 2. The molecule has 3 rings (SSSR count). The van der Waals surface area contributed by atoms with E-state index in [1.54, 1.807) is 0 Å². The fourth-order valence-electron chi connectivity index (χ4n) is 2.56. The molecule has 0 bridgehead atoms. The molecular weight excluding hydrogens is 242 g/mol. The molecule has 0 spiro atoms. The van der Waals surface area contributed by atoms with Crippen LogP contribution in [0.4, 0.5) is 11.4 Å². The number of rotatable bonds is 0. The quantitative estimate of drug-likeness (QED) is 0.607. The van der Waals surface area contributed by atoms with Gasteiger partial charge in [-0.1, -0.05) is 77.9 Å². The van der Waals surface area contributed by atoms with Gasteiger partial charge in [0.2, 0.25) is 0 Å². The topological polar surface area (TPSA) is 12.0 Å². The van der Waals surface area contributed by atoms with Gasteiger partial charge in [-0.25, -0.2) is 0 Å². The average molecular weight is 269 g/mol. The molecule has 0 amide bonds. The predicted octanol–water partition coefficient (Wildman–Crippen LogP) is 6.12. The van der Waals surface area contributed by atoms with E-state index in [1.165, 1.54) is 22.5 Å². The third-order valence-corrected chi connectivity index (χ3v) is 3.47. The number of benzene rings is 2. The van der Waals surface area contributed by atoms with E-state index in [2.05, 4.69) is 67.7 Å². The van der Waals surface area contributed by atoms with Crippen molar-refractivity contribution in [2.45, 2.75) is 47.0 Å². The van der Waals surface area contributed by atoms with Crippen molar-refractivity contribution in [3.63, 3.8) is 0 Å². The van der Waals surface area contributed by atoms with Crippen LogP contribution in [0.5, 0.6) is 0 Å². The maximum absolute atomic E-state index is 3.50. The molecule has 2 aromatic carbocycles. The highest BCUT2D eigenvalue weighted by Crippen LogP contribution is 2.44. The van der Waals surface area contributed by atoms with E-state index in [0.717, 1.165) is 0 Å². The van der Waals surface area contributed by atoms with Crippen LogP contribution in [0.3, 0.4) is 0 Å². The molecule has 2 aromatic rings. The van der Waals surface area contributed by atoms with Gasteiger partial charge >= 0.3 is 0 Å². The molecule has 1 aliphatic rings. The summed E-state index contributed by atoms with van der Waals surface area (Å²) in [5.74, 6) is 0. The molecule has 20 heavy (non-hydrogen) atoms. The number of para-hydroxylation sites is 2. The first-order valence-corrected chi connectivity index (χ1v) is 7.65. The van der Waals surface area contributed by atoms with Gasteiger partial charge in [0.05, 0.1) is 0 Å². The van der Waals surface area contributed by atoms with Gasteiger partial charge in [0.1, 0.15) is 0 Å². The Hall–Kier alpha value is -1.76. The van der Waals surface area contributed by atoms with Crippen LogP contribution in [0.1, 0.15) is 52.7 Å². The number of hydrogen-bond acceptors (Lipinski definition) is 1. The van der Waals surface area contributed by atoms with Crippen LogP contribution in [0, 0.1) is 0 Å². The lowest BCUT2D eigenvalue weighted by Crippen LogP contribution is -2.25. The van der Waals surface area contributed by atoms with E-state index in [0.29, 0.717) is 0 Å². The van der Waals surface area contributed by atoms with Crippen molar-refractivity contribution in [3.05, 3.63) is 59.7 Å². The summed E-state index contributed by atoms with van der Waals surface area (Å²) in [4.78, 5) is 0. The Balaban J connectivity index is 0.000000461. The Morgan fingerprint density at radius 2 is 1.00 bits per heavy atom. The van der Waals surface area contributed by atoms with E-state index < -0.39 is 0 Å². The highest BCUT2D eigenvalue weighted by atomic mass is 14.9. The summed E-state index contributed by atoms with van der Waals surface area (Å²) >= 11 is 0. The molecule has 1 N–H and O–H groups in total. The zero-order valence-corrected chi connectivity index (χ0v) is 13.6. The smallest absolute Gasteiger partial charge is 0.0425 e. The summed E-state index contributed by atoms with van der Waals surface area (Å²) in [6, 6.07) is 17.1. The SMILES string of the molecule is CC.CC.CC1(C)c2ccccc2Nc2ccccc21. The molecular formula is C19H27N. The van der Waals surface area contributed by atoms with Crippen molar-refractivity contribution in [2.75, 3.05) is 5.32 Å². The summed E-state index contributed by atoms with van der Waals surface area (Å²) < 4.78 is 0. The van der Waals surface area contributed by atoms with Gasteiger partial charge in [0, 0.05) is 16.8 Å². The summed E-state index contributed by atoms with van der Waals surface area (Å²) in [6.45, 7) is 12.6. The minimum Gasteiger partial charge on any atom is -0.355 e. The molecule has 108 valence electrons. The van der Waals surface area contributed by atoms with Gasteiger partial charge in [0.25, 0.3) is 0 Å². The van der Waals surface area contributed by atoms with E-state index in [4.69, 9.17) is 0 Å². The number of hydrogen-bond donors (Lipinski definition) is 1. The van der Waals surface area contributed by atoms with Gasteiger partial charge in [-0.2, -0.15) is 0 Å². The first-order valence-electron chi connectivity index (χ1n) is 7.65. The van der Waals surface area contributed by atoms with E-state index in [1.807, 2.05) is 27.7 Å². The zero-order chi connectivity index (χ0) is 15.2. The third-order valence-electron chi connectivity index (χ3n) is 3.47. The summed E-state index contributed by atoms with van der Waals surface area (Å²) in [6.07, 6.45) is 0. The van der Waals surface area contributed by atoms with Crippen LogP contribution in [-0.4, -0.2) is 0 Å². The Morgan fingerprint density at radius 1 is 0.650 bits per heavy atom. The van der Waals surface area contributed by atoms with E-state index >= 15 is 0 Å². The van der Waals surface area contributed by atoms with Gasteiger partial charge in [-0.3, -0.25) is 0 Å². The lowest BCUT2D eigenvalue weighted by atomic mass is 9.74. The Morgan fingerprint density at radius 3 is 1.40 bits per heavy atom. The van der Waals surface area contributed by atoms with Crippen molar-refractivity contribution < 1.29 is 0 Å². The molecule has 1 nitrogen and oxygen atoms in total. The summed E-state index contributed by atoms with van der Waals surface area (Å²) in [7, 11) is 0. The first kappa shape index (κ1) is 16.3. The van der Waals surface area contributed by atoms with Crippen molar-refractivity contribution in [3.8, 4) is 0 Å². The molecule has 0 saturated heterocycles. The maximum atomic E-state index is 3.50. The molecule has 1 heterocycles. The highest BCUT2D eigenvalue weighted by molar-refractivity contribution is 5.75. The van der Waals surface area contributed by atoms with Crippen LogP contribution >= 0.6 is 0 Å². The van der Waals surface area contributed by atoms with Gasteiger partial charge in [-0.05, 0) is 23.3 Å². The van der Waals surface area contributed by atoms with Crippen molar-refractivity contribution in [1.82, 2.24) is 0 Å². The predicted molar refractivity (Wildman–Crippen MR) is 91.0 cm³/mol. The van der Waals surface area contributed by atoms with Crippen LogP contribution in [0.2, 0.25) is 0 Å². The molecule has 1 heteroatoms. The zero-order valence-electron chi connectivity index (χ0n) is 13.6. The lowest BCUT2D eigenvalue weighted by Gasteiger charge is -2.35. The fourth-order valence-corrected chi connectivity index (χ4v) is 2.56. The lowest BCUT2D eigenvalue weighted by molar-refractivity contribution is 0.638. The fraction of sp³-hybridized carbons (Fsp3) is 0.368. The summed E-state index contributed by atoms with van der Waals surface area (Å²) in [5.41, 5.74) is 5.28. The monoisotopic (exact) mass is 269 g/mol. The van der Waals surface area contributed by atoms with Crippen LogP contribution in [0.25, 0.3) is 0 Å². The van der Waals surface area contributed by atoms with Crippen LogP contribution < -0.4 is 5.32 Å². The van der Waals surface area contributed by atoms with E-state index in [9.17, 15) is 0 Å². The third kappa shape index (κ3) is 2.87. The highest BCUT2D eigenvalue weighted by Gasteiger charge is 2.31. The average Bonchev–Trinajstić information content (AvgIpc) is 2.52. The van der Waals surface area contributed by atoms with Crippen LogP contribution in [0.15, 0.2) is 48.5 Å². The Bertz CT molecular complexity index is 493. The normalized spacial score (nSPS) is 13.3. The molecule has 0 unspecified atom stereocenters. The standard InChI is InChI=1S/C15H15N.2C2H6/c1-15(2)11-7-3-5-9-13(11)16-14-10-6-4-8-12(14)15;2*1-2/h3-10,16H,1-2H3;2*1-2H3. The van der Waals surface area contributed by atoms with Gasteiger partial charge in [0.15, 0.2) is 0 Å². The van der Waals surface area contributed by atoms with Crippen LogP contribution in [-0.2, 0) is 5.41 Å². The molecule has 1 aliphatic heterocycles. The van der Waals surface area contributed by atoms with E-state index in [-0.39, 0.29) is 5.41 Å². The first-order chi connectivity index (χ1) is 9.69. The molecule has 0 atom stereocenters. The van der Waals surface area contributed by atoms with Crippen molar-refractivity contribution in [1.29, 1.82) is 0 Å². The van der Waals surface area contributed by atoms with Crippen molar-refractivity contribution in [2.24, 2.45) is 0 Å². The second-order valence-electron chi connectivity index (χ2n) is 4.84. The molecule has 0 saturated carbocycles. The van der Waals surface area contributed by atoms with Crippen molar-refractivity contribution >= 4 is 11.4 Å². The second-order valence-corrected chi connectivity index (χ2v) is 4.84. The molecule has 0 radical (unpaired) electrons. The minimum atomic E-state index is 0.0818. The molecule has 0 aliphatic carbocycles.